The van der Waals surface area contributed by atoms with E-state index in [1.165, 1.54) is 12.1 Å². The molecule has 1 saturated heterocycles. The molecule has 3 N–H and O–H groups in total. The monoisotopic (exact) mass is 338 g/mol. The second-order valence-corrected chi connectivity index (χ2v) is 6.60. The molecular formula is C17H27FN4O2. The average molecular weight is 338 g/mol. The highest BCUT2D eigenvalue weighted by molar-refractivity contribution is 5.93. The van der Waals surface area contributed by atoms with Gasteiger partial charge in [-0.05, 0) is 38.6 Å². The lowest BCUT2D eigenvalue weighted by atomic mass is 10.0. The van der Waals surface area contributed by atoms with Gasteiger partial charge in [-0.1, -0.05) is 6.92 Å². The summed E-state index contributed by atoms with van der Waals surface area (Å²) in [5.74, 6) is -0.399. The lowest BCUT2D eigenvalue weighted by Crippen LogP contribution is -2.50. The Morgan fingerprint density at radius 1 is 1.33 bits per heavy atom. The van der Waals surface area contributed by atoms with Crippen molar-refractivity contribution in [2.75, 3.05) is 50.1 Å². The Bertz CT molecular complexity index is 570. The van der Waals surface area contributed by atoms with Gasteiger partial charge >= 0.3 is 6.03 Å². The Morgan fingerprint density at radius 2 is 2.00 bits per heavy atom. The van der Waals surface area contributed by atoms with Crippen LogP contribution in [0.5, 0.6) is 0 Å². The van der Waals surface area contributed by atoms with E-state index < -0.39 is 17.4 Å². The van der Waals surface area contributed by atoms with Crippen LogP contribution in [0, 0.1) is 5.82 Å². The summed E-state index contributed by atoms with van der Waals surface area (Å²) in [7, 11) is 2.06. The van der Waals surface area contributed by atoms with Crippen LogP contribution < -0.4 is 15.5 Å². The zero-order valence-electron chi connectivity index (χ0n) is 14.6. The highest BCUT2D eigenvalue weighted by Crippen LogP contribution is 2.28. The smallest absolute Gasteiger partial charge is 0.319 e. The number of urea groups is 1. The molecule has 24 heavy (non-hydrogen) atoms. The molecule has 1 aliphatic heterocycles. The number of carbonyl (C=O) groups is 1. The Labute approximate surface area is 142 Å². The van der Waals surface area contributed by atoms with Crippen molar-refractivity contribution in [2.45, 2.75) is 25.8 Å². The number of benzene rings is 1. The van der Waals surface area contributed by atoms with Crippen LogP contribution in [-0.4, -0.2) is 61.4 Å². The van der Waals surface area contributed by atoms with Gasteiger partial charge < -0.3 is 25.5 Å². The van der Waals surface area contributed by atoms with Crippen LogP contribution in [0.3, 0.4) is 0 Å². The van der Waals surface area contributed by atoms with E-state index in [0.29, 0.717) is 12.1 Å². The third-order valence-electron chi connectivity index (χ3n) is 4.60. The van der Waals surface area contributed by atoms with Crippen LogP contribution in [0.25, 0.3) is 0 Å². The summed E-state index contributed by atoms with van der Waals surface area (Å²) in [6.07, 6.45) is 0.589. The topological polar surface area (TPSA) is 67.8 Å². The molecule has 6 nitrogen and oxygen atoms in total. The fraction of sp³-hybridized carbons (Fsp3) is 0.588. The summed E-state index contributed by atoms with van der Waals surface area (Å²) >= 11 is 0. The highest BCUT2D eigenvalue weighted by atomic mass is 19.1. The molecule has 0 radical (unpaired) electrons. The normalized spacial score (nSPS) is 18.1. The maximum Gasteiger partial charge on any atom is 0.319 e. The Balaban J connectivity index is 2.14. The minimum atomic E-state index is -0.703. The van der Waals surface area contributed by atoms with Crippen LogP contribution in [0.4, 0.5) is 20.6 Å². The number of anilines is 2. The molecule has 7 heteroatoms. The first-order valence-electron chi connectivity index (χ1n) is 8.30. The molecule has 1 atom stereocenters. The van der Waals surface area contributed by atoms with Crippen LogP contribution >= 0.6 is 0 Å². The number of likely N-dealkylation sites (N-methyl/N-ethyl adjacent to an activating group) is 1. The number of hydrogen-bond acceptors (Lipinski definition) is 4. The van der Waals surface area contributed by atoms with Gasteiger partial charge in [0.1, 0.15) is 5.82 Å². The number of carbonyl (C=O) groups excluding carboxylic acids is 1. The third-order valence-corrected chi connectivity index (χ3v) is 4.60. The first-order valence-corrected chi connectivity index (χ1v) is 8.30. The van der Waals surface area contributed by atoms with E-state index in [0.717, 1.165) is 31.9 Å². The van der Waals surface area contributed by atoms with Gasteiger partial charge in [0, 0.05) is 26.2 Å². The van der Waals surface area contributed by atoms with E-state index in [2.05, 4.69) is 27.5 Å². The standard InChI is InChI=1S/C17H27FN4O2/c1-4-17(2,12-23)20-16(24)19-14-11-13(18)5-6-15(14)22-9-7-21(3)8-10-22/h5-6,11,23H,4,7-10,12H2,1-3H3,(H2,19,20,24). The maximum absolute atomic E-state index is 13.7. The number of amides is 2. The summed E-state index contributed by atoms with van der Waals surface area (Å²) in [5, 5.41) is 14.9. The van der Waals surface area contributed by atoms with Crippen molar-refractivity contribution in [1.82, 2.24) is 10.2 Å². The van der Waals surface area contributed by atoms with Gasteiger partial charge in [0.05, 0.1) is 23.5 Å². The Kier molecular flexibility index (Phi) is 6.01. The van der Waals surface area contributed by atoms with Gasteiger partial charge in [0.25, 0.3) is 0 Å². The average Bonchev–Trinajstić information content (AvgIpc) is 2.56. The highest BCUT2D eigenvalue weighted by Gasteiger charge is 2.24. The summed E-state index contributed by atoms with van der Waals surface area (Å²) in [4.78, 5) is 16.6. The molecule has 2 amide bonds. The SMILES string of the molecule is CCC(C)(CO)NC(=O)Nc1cc(F)ccc1N1CCN(C)CC1. The van der Waals surface area contributed by atoms with E-state index in [1.54, 1.807) is 13.0 Å². The lowest BCUT2D eigenvalue weighted by Gasteiger charge is -2.35. The quantitative estimate of drug-likeness (QED) is 0.767. The molecule has 1 aromatic rings. The molecule has 0 aliphatic carbocycles. The van der Waals surface area contributed by atoms with E-state index in [1.807, 2.05) is 6.92 Å². The van der Waals surface area contributed by atoms with Gasteiger partial charge in [0.2, 0.25) is 0 Å². The molecule has 1 aliphatic rings. The fourth-order valence-corrected chi connectivity index (χ4v) is 2.60. The summed E-state index contributed by atoms with van der Waals surface area (Å²) in [5.41, 5.74) is 0.543. The van der Waals surface area contributed by atoms with Crippen molar-refractivity contribution in [3.05, 3.63) is 24.0 Å². The zero-order chi connectivity index (χ0) is 17.7. The molecule has 0 saturated carbocycles. The molecule has 134 valence electrons. The van der Waals surface area contributed by atoms with Gasteiger partial charge in [0.15, 0.2) is 0 Å². The Morgan fingerprint density at radius 3 is 2.58 bits per heavy atom. The molecule has 2 rings (SSSR count). The number of halogens is 1. The Hall–Kier alpha value is -1.86. The number of piperazine rings is 1. The molecule has 0 spiro atoms. The van der Waals surface area contributed by atoms with Crippen molar-refractivity contribution in [2.24, 2.45) is 0 Å². The molecular weight excluding hydrogens is 311 g/mol. The first kappa shape index (κ1) is 18.5. The van der Waals surface area contributed by atoms with Crippen molar-refractivity contribution < 1.29 is 14.3 Å². The second-order valence-electron chi connectivity index (χ2n) is 6.60. The van der Waals surface area contributed by atoms with Crippen LogP contribution in [0.2, 0.25) is 0 Å². The number of nitrogens with zero attached hydrogens (tertiary/aromatic N) is 2. The molecule has 1 fully saturated rings. The molecule has 0 bridgehead atoms. The van der Waals surface area contributed by atoms with Crippen molar-refractivity contribution in [3.63, 3.8) is 0 Å². The number of aliphatic hydroxyl groups is 1. The van der Waals surface area contributed by atoms with E-state index in [4.69, 9.17) is 0 Å². The summed E-state index contributed by atoms with van der Waals surface area (Å²) in [6, 6.07) is 3.98. The van der Waals surface area contributed by atoms with Gasteiger partial charge in [-0.25, -0.2) is 9.18 Å². The zero-order valence-corrected chi connectivity index (χ0v) is 14.6. The molecule has 1 aromatic carbocycles. The number of nitrogens with one attached hydrogen (secondary N) is 2. The third kappa shape index (κ3) is 4.58. The van der Waals surface area contributed by atoms with Gasteiger partial charge in [-0.15, -0.1) is 0 Å². The van der Waals surface area contributed by atoms with Gasteiger partial charge in [-0.2, -0.15) is 0 Å². The van der Waals surface area contributed by atoms with Crippen LogP contribution in [0.1, 0.15) is 20.3 Å². The molecule has 1 heterocycles. The lowest BCUT2D eigenvalue weighted by molar-refractivity contribution is 0.172. The predicted octanol–water partition coefficient (Wildman–Crippen LogP) is 1.86. The minimum Gasteiger partial charge on any atom is -0.394 e. The summed E-state index contributed by atoms with van der Waals surface area (Å²) < 4.78 is 13.7. The summed E-state index contributed by atoms with van der Waals surface area (Å²) in [6.45, 7) is 6.96. The van der Waals surface area contributed by atoms with Crippen LogP contribution in [-0.2, 0) is 0 Å². The number of hydrogen-bond donors (Lipinski definition) is 3. The second kappa shape index (κ2) is 7.81. The number of aliphatic hydroxyl groups excluding tert-OH is 1. The van der Waals surface area contributed by atoms with E-state index in [9.17, 15) is 14.3 Å². The largest absolute Gasteiger partial charge is 0.394 e. The molecule has 1 unspecified atom stereocenters. The predicted molar refractivity (Wildman–Crippen MR) is 94.0 cm³/mol. The van der Waals surface area contributed by atoms with E-state index in [-0.39, 0.29) is 6.61 Å². The first-order chi connectivity index (χ1) is 11.4. The van der Waals surface area contributed by atoms with Crippen LogP contribution in [0.15, 0.2) is 18.2 Å². The van der Waals surface area contributed by atoms with Gasteiger partial charge in [-0.3, -0.25) is 0 Å². The fourth-order valence-electron chi connectivity index (χ4n) is 2.60. The van der Waals surface area contributed by atoms with Crippen molar-refractivity contribution >= 4 is 17.4 Å². The van der Waals surface area contributed by atoms with E-state index >= 15 is 0 Å². The maximum atomic E-state index is 13.7. The molecule has 0 aromatic heterocycles. The van der Waals surface area contributed by atoms with Crippen molar-refractivity contribution in [3.8, 4) is 0 Å². The number of rotatable bonds is 5. The minimum absolute atomic E-state index is 0.161. The van der Waals surface area contributed by atoms with Crippen molar-refractivity contribution in [1.29, 1.82) is 0 Å².